The molecular weight excluding hydrogens is 304 g/mol. The molecule has 0 saturated heterocycles. The van der Waals surface area contributed by atoms with E-state index in [4.69, 9.17) is 16.1 Å². The predicted molar refractivity (Wildman–Crippen MR) is 81.2 cm³/mol. The molecule has 1 aromatic carbocycles. The normalized spacial score (nSPS) is 14.4. The number of nitrogens with zero attached hydrogens (tertiary/aromatic N) is 2. The maximum Gasteiger partial charge on any atom is 0.336 e. The van der Waals surface area contributed by atoms with E-state index in [1.807, 2.05) is 0 Å². The van der Waals surface area contributed by atoms with Gasteiger partial charge in [0.2, 0.25) is 0 Å². The first-order chi connectivity index (χ1) is 10.6. The molecule has 1 aliphatic carbocycles. The highest BCUT2D eigenvalue weighted by Gasteiger charge is 2.32. The Labute approximate surface area is 130 Å². The summed E-state index contributed by atoms with van der Waals surface area (Å²) in [6, 6.07) is 8.62. The van der Waals surface area contributed by atoms with Gasteiger partial charge in [-0.15, -0.1) is 0 Å². The van der Waals surface area contributed by atoms with Crippen molar-refractivity contribution in [2.24, 2.45) is 0 Å². The van der Waals surface area contributed by atoms with Crippen molar-refractivity contribution < 1.29 is 14.4 Å². The van der Waals surface area contributed by atoms with E-state index in [0.29, 0.717) is 27.7 Å². The second-order valence-corrected chi connectivity index (χ2v) is 5.83. The van der Waals surface area contributed by atoms with Crippen molar-refractivity contribution in [3.63, 3.8) is 0 Å². The van der Waals surface area contributed by atoms with Gasteiger partial charge in [-0.2, -0.15) is 0 Å². The first-order valence-corrected chi connectivity index (χ1v) is 7.31. The number of aromatic carboxylic acids is 1. The van der Waals surface area contributed by atoms with Crippen LogP contribution in [0.5, 0.6) is 0 Å². The summed E-state index contributed by atoms with van der Waals surface area (Å²) >= 11 is 5.88. The predicted octanol–water partition coefficient (Wildman–Crippen LogP) is 4.12. The Hall–Kier alpha value is -2.40. The van der Waals surface area contributed by atoms with Crippen LogP contribution in [0.4, 0.5) is 0 Å². The summed E-state index contributed by atoms with van der Waals surface area (Å²) < 4.78 is 5.28. The Morgan fingerprint density at radius 1 is 1.27 bits per heavy atom. The lowest BCUT2D eigenvalue weighted by Gasteiger charge is -2.04. The summed E-state index contributed by atoms with van der Waals surface area (Å²) in [6.07, 6.45) is 2.03. The van der Waals surface area contributed by atoms with Crippen LogP contribution in [0.15, 0.2) is 34.9 Å². The smallest absolute Gasteiger partial charge is 0.336 e. The average molecular weight is 315 g/mol. The molecule has 1 aliphatic rings. The van der Waals surface area contributed by atoms with Crippen LogP contribution in [0.3, 0.4) is 0 Å². The van der Waals surface area contributed by atoms with Crippen molar-refractivity contribution in [2.45, 2.75) is 18.8 Å². The standard InChI is InChI=1S/C16H11ClN2O3/c17-10-5-3-8(4-6-10)12-7-11(16(20)21)13-14(9-1-2-9)19-22-15(13)18-12/h3-7,9H,1-2H2,(H,20,21). The van der Waals surface area contributed by atoms with E-state index in [1.165, 1.54) is 0 Å². The first-order valence-electron chi connectivity index (χ1n) is 6.93. The minimum absolute atomic E-state index is 0.179. The Bertz CT molecular complexity index is 882. The molecule has 1 N–H and O–H groups in total. The fourth-order valence-corrected chi connectivity index (χ4v) is 2.67. The van der Waals surface area contributed by atoms with Gasteiger partial charge in [-0.25, -0.2) is 9.78 Å². The molecule has 6 heteroatoms. The third-order valence-electron chi connectivity index (χ3n) is 3.81. The maximum atomic E-state index is 11.6. The number of carboxylic acids is 1. The summed E-state index contributed by atoms with van der Waals surface area (Å²) in [4.78, 5) is 16.0. The third-order valence-corrected chi connectivity index (χ3v) is 4.06. The van der Waals surface area contributed by atoms with Crippen LogP contribution in [0.1, 0.15) is 34.8 Å². The lowest BCUT2D eigenvalue weighted by Crippen LogP contribution is -2.00. The number of benzene rings is 1. The largest absolute Gasteiger partial charge is 0.478 e. The molecule has 1 fully saturated rings. The maximum absolute atomic E-state index is 11.6. The van der Waals surface area contributed by atoms with Gasteiger partial charge in [-0.1, -0.05) is 28.9 Å². The zero-order chi connectivity index (χ0) is 15.3. The van der Waals surface area contributed by atoms with Crippen LogP contribution in [-0.4, -0.2) is 21.2 Å². The lowest BCUT2D eigenvalue weighted by molar-refractivity contribution is 0.0699. The second-order valence-electron chi connectivity index (χ2n) is 5.39. The quantitative estimate of drug-likeness (QED) is 0.787. The Kier molecular flexibility index (Phi) is 2.90. The molecule has 1 saturated carbocycles. The molecule has 2 aromatic heterocycles. The van der Waals surface area contributed by atoms with Crippen LogP contribution in [0.25, 0.3) is 22.4 Å². The van der Waals surface area contributed by atoms with Gasteiger partial charge in [0.25, 0.3) is 5.71 Å². The van der Waals surface area contributed by atoms with Gasteiger partial charge in [-0.3, -0.25) is 0 Å². The summed E-state index contributed by atoms with van der Waals surface area (Å²) in [7, 11) is 0. The number of fused-ring (bicyclic) bond motifs is 1. The first kappa shape index (κ1) is 13.3. The van der Waals surface area contributed by atoms with Crippen LogP contribution in [-0.2, 0) is 0 Å². The van der Waals surface area contributed by atoms with Crippen LogP contribution in [0.2, 0.25) is 5.02 Å². The number of carboxylic acid groups (broad SMARTS) is 1. The minimum Gasteiger partial charge on any atom is -0.478 e. The molecule has 0 amide bonds. The molecule has 0 spiro atoms. The third kappa shape index (κ3) is 2.14. The average Bonchev–Trinajstić information content (AvgIpc) is 3.26. The van der Waals surface area contributed by atoms with Gasteiger partial charge < -0.3 is 9.63 Å². The summed E-state index contributed by atoms with van der Waals surface area (Å²) in [5, 5.41) is 14.7. The Morgan fingerprint density at radius 3 is 2.64 bits per heavy atom. The molecule has 4 rings (SSSR count). The molecule has 22 heavy (non-hydrogen) atoms. The number of aromatic nitrogens is 2. The number of halogens is 1. The van der Waals surface area contributed by atoms with E-state index in [0.717, 1.165) is 18.4 Å². The van der Waals surface area contributed by atoms with E-state index < -0.39 is 5.97 Å². The van der Waals surface area contributed by atoms with Gasteiger partial charge in [0.15, 0.2) is 0 Å². The van der Waals surface area contributed by atoms with Crippen LogP contribution < -0.4 is 0 Å². The van der Waals surface area contributed by atoms with E-state index in [9.17, 15) is 9.90 Å². The molecule has 3 aromatic rings. The highest BCUT2D eigenvalue weighted by Crippen LogP contribution is 2.43. The van der Waals surface area contributed by atoms with Crippen LogP contribution in [0, 0.1) is 0 Å². The van der Waals surface area contributed by atoms with Crippen molar-refractivity contribution in [1.82, 2.24) is 10.1 Å². The highest BCUT2D eigenvalue weighted by molar-refractivity contribution is 6.30. The van der Waals surface area contributed by atoms with E-state index in [1.54, 1.807) is 30.3 Å². The van der Waals surface area contributed by atoms with E-state index in [2.05, 4.69) is 10.1 Å². The second kappa shape index (κ2) is 4.81. The van der Waals surface area contributed by atoms with Gasteiger partial charge in [-0.05, 0) is 31.0 Å². The van der Waals surface area contributed by atoms with Gasteiger partial charge in [0.05, 0.1) is 22.3 Å². The van der Waals surface area contributed by atoms with E-state index >= 15 is 0 Å². The molecule has 2 heterocycles. The topological polar surface area (TPSA) is 76.2 Å². The molecule has 5 nitrogen and oxygen atoms in total. The fraction of sp³-hybridized carbons (Fsp3) is 0.188. The number of carbonyl (C=O) groups is 1. The SMILES string of the molecule is O=C(O)c1cc(-c2ccc(Cl)cc2)nc2onc(C3CC3)c12. The highest BCUT2D eigenvalue weighted by atomic mass is 35.5. The number of rotatable bonds is 3. The Balaban J connectivity index is 1.94. The minimum atomic E-state index is -1.01. The molecule has 0 atom stereocenters. The molecule has 110 valence electrons. The lowest BCUT2D eigenvalue weighted by atomic mass is 10.0. The fourth-order valence-electron chi connectivity index (χ4n) is 2.55. The molecule has 0 unspecified atom stereocenters. The summed E-state index contributed by atoms with van der Waals surface area (Å²) in [5.74, 6) is -0.713. The number of hydrogen-bond donors (Lipinski definition) is 1. The van der Waals surface area contributed by atoms with Gasteiger partial charge in [0.1, 0.15) is 0 Å². The summed E-state index contributed by atoms with van der Waals surface area (Å²) in [5.41, 5.74) is 2.46. The van der Waals surface area contributed by atoms with Crippen molar-refractivity contribution >= 4 is 28.7 Å². The molecule has 0 radical (unpaired) electrons. The zero-order valence-corrected chi connectivity index (χ0v) is 12.2. The van der Waals surface area contributed by atoms with Crippen molar-refractivity contribution in [1.29, 1.82) is 0 Å². The molecule has 0 bridgehead atoms. The molecular formula is C16H11ClN2O3. The Morgan fingerprint density at radius 2 is 2.00 bits per heavy atom. The monoisotopic (exact) mass is 314 g/mol. The summed E-state index contributed by atoms with van der Waals surface area (Å²) in [6.45, 7) is 0. The van der Waals surface area contributed by atoms with Crippen molar-refractivity contribution in [3.05, 3.63) is 46.6 Å². The van der Waals surface area contributed by atoms with Crippen molar-refractivity contribution in [3.8, 4) is 11.3 Å². The molecule has 0 aliphatic heterocycles. The number of hydrogen-bond acceptors (Lipinski definition) is 4. The van der Waals surface area contributed by atoms with E-state index in [-0.39, 0.29) is 11.3 Å². The van der Waals surface area contributed by atoms with Crippen molar-refractivity contribution in [2.75, 3.05) is 0 Å². The van der Waals surface area contributed by atoms with Crippen LogP contribution >= 0.6 is 11.6 Å². The van der Waals surface area contributed by atoms with Gasteiger partial charge in [0, 0.05) is 16.5 Å². The number of pyridine rings is 1. The van der Waals surface area contributed by atoms with Gasteiger partial charge >= 0.3 is 5.97 Å². The zero-order valence-electron chi connectivity index (χ0n) is 11.4.